The van der Waals surface area contributed by atoms with Gasteiger partial charge in [-0.25, -0.2) is 0 Å². The van der Waals surface area contributed by atoms with Gasteiger partial charge in [0.25, 0.3) is 11.8 Å². The number of nitrogens with zero attached hydrogens (tertiary/aromatic N) is 2. The highest BCUT2D eigenvalue weighted by Gasteiger charge is 2.35. The van der Waals surface area contributed by atoms with Crippen LogP contribution in [0.3, 0.4) is 0 Å². The van der Waals surface area contributed by atoms with Gasteiger partial charge in [-0.1, -0.05) is 30.3 Å². The SMILES string of the molecule is Cc1cc(C(=O)N2CC(=C3CC(=O)NC3=O)C2)c(C)n1C(C)c1ccccc1. The van der Waals surface area contributed by atoms with Gasteiger partial charge in [0.2, 0.25) is 5.91 Å². The molecular weight excluding hydrogens is 354 g/mol. The van der Waals surface area contributed by atoms with Crippen molar-refractivity contribution in [2.24, 2.45) is 0 Å². The van der Waals surface area contributed by atoms with Gasteiger partial charge in [-0.3, -0.25) is 19.7 Å². The fraction of sp³-hybridized carbons (Fsp3) is 0.318. The lowest BCUT2D eigenvalue weighted by Crippen LogP contribution is -2.45. The van der Waals surface area contributed by atoms with Gasteiger partial charge in [0.1, 0.15) is 0 Å². The molecule has 0 radical (unpaired) electrons. The van der Waals surface area contributed by atoms with Crippen molar-refractivity contribution in [2.45, 2.75) is 33.2 Å². The van der Waals surface area contributed by atoms with Crippen molar-refractivity contribution in [2.75, 3.05) is 13.1 Å². The minimum atomic E-state index is -0.318. The molecule has 28 heavy (non-hydrogen) atoms. The van der Waals surface area contributed by atoms with Gasteiger partial charge in [0, 0.05) is 30.1 Å². The number of carbonyl (C=O) groups is 3. The van der Waals surface area contributed by atoms with E-state index in [9.17, 15) is 14.4 Å². The van der Waals surface area contributed by atoms with Crippen LogP contribution >= 0.6 is 0 Å². The van der Waals surface area contributed by atoms with Crippen LogP contribution in [0.5, 0.6) is 0 Å². The highest BCUT2D eigenvalue weighted by Crippen LogP contribution is 2.29. The first kappa shape index (κ1) is 18.2. The quantitative estimate of drug-likeness (QED) is 0.660. The number of benzene rings is 1. The second-order valence-electron chi connectivity index (χ2n) is 7.54. The van der Waals surface area contributed by atoms with Crippen molar-refractivity contribution in [3.8, 4) is 0 Å². The number of amides is 3. The lowest BCUT2D eigenvalue weighted by atomic mass is 9.98. The van der Waals surface area contributed by atoms with Crippen molar-refractivity contribution in [1.82, 2.24) is 14.8 Å². The van der Waals surface area contributed by atoms with Crippen molar-refractivity contribution in [1.29, 1.82) is 0 Å². The lowest BCUT2D eigenvalue weighted by Gasteiger charge is -2.35. The normalized spacial score (nSPS) is 17.6. The largest absolute Gasteiger partial charge is 0.341 e. The zero-order valence-electron chi connectivity index (χ0n) is 16.3. The van der Waals surface area contributed by atoms with E-state index in [-0.39, 0.29) is 30.2 Å². The molecular formula is C22H23N3O3. The highest BCUT2D eigenvalue weighted by molar-refractivity contribution is 6.14. The van der Waals surface area contributed by atoms with Crippen LogP contribution in [-0.2, 0) is 9.59 Å². The second-order valence-corrected chi connectivity index (χ2v) is 7.54. The maximum absolute atomic E-state index is 13.0. The van der Waals surface area contributed by atoms with Gasteiger partial charge in [-0.15, -0.1) is 0 Å². The summed E-state index contributed by atoms with van der Waals surface area (Å²) in [6, 6.07) is 12.3. The molecule has 0 saturated carbocycles. The molecule has 1 aromatic heterocycles. The van der Waals surface area contributed by atoms with Gasteiger partial charge < -0.3 is 9.47 Å². The van der Waals surface area contributed by atoms with E-state index >= 15 is 0 Å². The first-order chi connectivity index (χ1) is 13.4. The first-order valence-electron chi connectivity index (χ1n) is 9.44. The van der Waals surface area contributed by atoms with E-state index in [1.54, 1.807) is 4.90 Å². The second kappa shape index (κ2) is 6.78. The predicted molar refractivity (Wildman–Crippen MR) is 105 cm³/mol. The van der Waals surface area contributed by atoms with Crippen molar-refractivity contribution < 1.29 is 14.4 Å². The summed E-state index contributed by atoms with van der Waals surface area (Å²) in [7, 11) is 0. The van der Waals surface area contributed by atoms with Gasteiger partial charge in [-0.05, 0) is 38.0 Å². The molecule has 0 spiro atoms. The van der Waals surface area contributed by atoms with Crippen LogP contribution in [0.25, 0.3) is 0 Å². The third kappa shape index (κ3) is 2.95. The summed E-state index contributed by atoms with van der Waals surface area (Å²) < 4.78 is 2.19. The maximum Gasteiger partial charge on any atom is 0.256 e. The average molecular weight is 377 g/mol. The molecule has 144 valence electrons. The van der Waals surface area contributed by atoms with Crippen LogP contribution in [0.1, 0.15) is 46.7 Å². The Morgan fingerprint density at radius 1 is 1.11 bits per heavy atom. The van der Waals surface area contributed by atoms with Gasteiger partial charge in [0.05, 0.1) is 18.0 Å². The number of aryl methyl sites for hydroxylation is 1. The molecule has 2 aliphatic heterocycles. The number of carbonyl (C=O) groups excluding carboxylic acids is 3. The highest BCUT2D eigenvalue weighted by atomic mass is 16.2. The fourth-order valence-electron chi connectivity index (χ4n) is 4.16. The molecule has 1 atom stereocenters. The Bertz CT molecular complexity index is 1010. The minimum Gasteiger partial charge on any atom is -0.341 e. The molecule has 3 heterocycles. The molecule has 1 aromatic carbocycles. The summed E-state index contributed by atoms with van der Waals surface area (Å²) in [5.74, 6) is -0.619. The lowest BCUT2D eigenvalue weighted by molar-refractivity contribution is -0.124. The molecule has 1 unspecified atom stereocenters. The van der Waals surface area contributed by atoms with Gasteiger partial charge in [0.15, 0.2) is 0 Å². The van der Waals surface area contributed by atoms with E-state index in [0.29, 0.717) is 24.2 Å². The molecule has 2 saturated heterocycles. The van der Waals surface area contributed by atoms with Gasteiger partial charge in [-0.2, -0.15) is 0 Å². The Balaban J connectivity index is 1.55. The Labute approximate surface area is 163 Å². The summed E-state index contributed by atoms with van der Waals surface area (Å²) in [6.07, 6.45) is 0.124. The zero-order valence-corrected chi connectivity index (χ0v) is 16.3. The van der Waals surface area contributed by atoms with Crippen molar-refractivity contribution in [3.05, 3.63) is 70.1 Å². The molecule has 1 N–H and O–H groups in total. The summed E-state index contributed by atoms with van der Waals surface area (Å²) in [5.41, 5.74) is 5.26. The number of imide groups is 1. The average Bonchev–Trinajstić information content (AvgIpc) is 3.12. The number of aromatic nitrogens is 1. The smallest absolute Gasteiger partial charge is 0.256 e. The number of rotatable bonds is 3. The summed E-state index contributed by atoms with van der Waals surface area (Å²) >= 11 is 0. The predicted octanol–water partition coefficient (Wildman–Crippen LogP) is 2.51. The van der Waals surface area contributed by atoms with Crippen molar-refractivity contribution in [3.63, 3.8) is 0 Å². The summed E-state index contributed by atoms with van der Waals surface area (Å²) in [4.78, 5) is 37.9. The Morgan fingerprint density at radius 2 is 1.79 bits per heavy atom. The summed E-state index contributed by atoms with van der Waals surface area (Å²) in [5, 5.41) is 2.30. The first-order valence-corrected chi connectivity index (χ1v) is 9.44. The molecule has 2 aromatic rings. The fourth-order valence-corrected chi connectivity index (χ4v) is 4.16. The van der Waals surface area contributed by atoms with Crippen LogP contribution in [0.4, 0.5) is 0 Å². The molecule has 0 bridgehead atoms. The van der Waals surface area contributed by atoms with E-state index in [4.69, 9.17) is 0 Å². The van der Waals surface area contributed by atoms with Crippen molar-refractivity contribution >= 4 is 17.7 Å². The molecule has 2 aliphatic rings. The topological polar surface area (TPSA) is 71.4 Å². The molecule has 4 rings (SSSR count). The Morgan fingerprint density at radius 3 is 2.39 bits per heavy atom. The third-order valence-corrected chi connectivity index (χ3v) is 5.73. The van der Waals surface area contributed by atoms with E-state index < -0.39 is 0 Å². The van der Waals surface area contributed by atoms with E-state index in [1.165, 1.54) is 5.56 Å². The number of hydrogen-bond donors (Lipinski definition) is 1. The molecule has 2 fully saturated rings. The Kier molecular flexibility index (Phi) is 4.41. The van der Waals surface area contributed by atoms with Crippen LogP contribution in [0.15, 0.2) is 47.5 Å². The standard InChI is InChI=1S/C22H23N3O3/c1-13-9-18(15(3)25(13)14(2)16-7-5-4-6-8-16)22(28)24-11-17(12-24)19-10-20(26)23-21(19)27/h4-9,14H,10-12H2,1-3H3,(H,23,26,27). The van der Waals surface area contributed by atoms with Crippen LogP contribution in [0.2, 0.25) is 0 Å². The van der Waals surface area contributed by atoms with E-state index in [0.717, 1.165) is 17.0 Å². The molecule has 6 heteroatoms. The monoisotopic (exact) mass is 377 g/mol. The molecule has 0 aliphatic carbocycles. The number of nitrogens with one attached hydrogen (secondary N) is 1. The summed E-state index contributed by atoms with van der Waals surface area (Å²) in [6.45, 7) is 6.94. The number of likely N-dealkylation sites (tertiary alicyclic amines) is 1. The maximum atomic E-state index is 13.0. The van der Waals surface area contributed by atoms with Gasteiger partial charge >= 0.3 is 0 Å². The van der Waals surface area contributed by atoms with E-state index in [1.807, 2.05) is 38.1 Å². The van der Waals surface area contributed by atoms with E-state index in [2.05, 4.69) is 28.9 Å². The van der Waals surface area contributed by atoms with Crippen LogP contribution < -0.4 is 5.32 Å². The molecule has 3 amide bonds. The van der Waals surface area contributed by atoms with Crippen LogP contribution in [0, 0.1) is 13.8 Å². The minimum absolute atomic E-state index is 0.0336. The third-order valence-electron chi connectivity index (χ3n) is 5.73. The molecule has 6 nitrogen and oxygen atoms in total. The zero-order chi connectivity index (χ0) is 20.0. The Hall–Kier alpha value is -3.15. The number of hydrogen-bond acceptors (Lipinski definition) is 3. The van der Waals surface area contributed by atoms with Crippen LogP contribution in [-0.4, -0.2) is 40.3 Å².